The van der Waals surface area contributed by atoms with Gasteiger partial charge in [-0.05, 0) is 44.2 Å². The van der Waals surface area contributed by atoms with Gasteiger partial charge >= 0.3 is 0 Å². The Labute approximate surface area is 225 Å². The average Bonchev–Trinajstić information content (AvgIpc) is 3.50. The van der Waals surface area contributed by atoms with Gasteiger partial charge in [0.2, 0.25) is 18.7 Å². The van der Waals surface area contributed by atoms with Crippen LogP contribution in [0.4, 0.5) is 0 Å². The Morgan fingerprint density at radius 1 is 1.16 bits per heavy atom. The fourth-order valence-electron chi connectivity index (χ4n) is 2.93. The van der Waals surface area contributed by atoms with Crippen molar-refractivity contribution in [2.45, 2.75) is 60.6 Å². The molecule has 0 bridgehead atoms. The van der Waals surface area contributed by atoms with Crippen LogP contribution in [0, 0.1) is 12.8 Å². The predicted octanol–water partition coefficient (Wildman–Crippen LogP) is 3.40. The van der Waals surface area contributed by atoms with E-state index in [1.54, 1.807) is 16.2 Å². The summed E-state index contributed by atoms with van der Waals surface area (Å²) in [5, 5.41) is 14.0. The van der Waals surface area contributed by atoms with Crippen LogP contribution in [-0.2, 0) is 25.7 Å². The van der Waals surface area contributed by atoms with Crippen molar-refractivity contribution in [3.05, 3.63) is 41.0 Å². The molecule has 0 radical (unpaired) electrons. The molecule has 3 amide bonds. The van der Waals surface area contributed by atoms with Crippen LogP contribution >= 0.6 is 11.3 Å². The molecule has 1 saturated heterocycles. The molecule has 10 heteroatoms. The number of aryl methyl sites for hydroxylation is 1. The molecule has 3 rings (SSSR count). The summed E-state index contributed by atoms with van der Waals surface area (Å²) < 4.78 is 4.83. The van der Waals surface area contributed by atoms with Crippen LogP contribution in [0.2, 0.25) is 0 Å². The molecule has 3 N–H and O–H groups in total. The number of nitrogens with one attached hydrogen (secondary N) is 2. The van der Waals surface area contributed by atoms with Crippen molar-refractivity contribution in [3.63, 3.8) is 0 Å². The second-order valence-electron chi connectivity index (χ2n) is 8.76. The number of aliphatic hydroxyl groups is 1. The molecule has 0 saturated carbocycles. The topological polar surface area (TPSA) is 121 Å². The Bertz CT molecular complexity index is 869. The van der Waals surface area contributed by atoms with E-state index in [-0.39, 0.29) is 12.5 Å². The number of hydrogen-bond donors (Lipinski definition) is 3. The van der Waals surface area contributed by atoms with Crippen LogP contribution < -0.4 is 10.6 Å². The number of benzene rings is 1. The van der Waals surface area contributed by atoms with Crippen molar-refractivity contribution in [2.75, 3.05) is 32.8 Å². The molecular weight excluding hydrogens is 492 g/mol. The second-order valence-corrected chi connectivity index (χ2v) is 9.61. The normalized spacial score (nSPS) is 13.7. The number of β-amino-alcohol motifs (C(OH)–C–C–N with tert-alkyl or cyclic N) is 1. The Kier molecular flexibility index (Phi) is 19.7. The van der Waals surface area contributed by atoms with E-state index in [0.29, 0.717) is 38.9 Å². The molecule has 0 spiro atoms. The fourth-order valence-corrected chi connectivity index (χ4v) is 3.74. The third kappa shape index (κ3) is 16.5. The summed E-state index contributed by atoms with van der Waals surface area (Å²) in [7, 11) is 0. The van der Waals surface area contributed by atoms with E-state index in [4.69, 9.17) is 9.84 Å². The molecule has 1 aliphatic rings. The lowest BCUT2D eigenvalue weighted by Gasteiger charge is -2.14. The van der Waals surface area contributed by atoms with Crippen LogP contribution in [0.5, 0.6) is 0 Å². The van der Waals surface area contributed by atoms with Gasteiger partial charge in [-0.1, -0.05) is 45.0 Å². The van der Waals surface area contributed by atoms with E-state index in [1.807, 2.05) is 38.4 Å². The molecule has 208 valence electrons. The first-order valence-electron chi connectivity index (χ1n) is 12.6. The van der Waals surface area contributed by atoms with Crippen LogP contribution in [-0.4, -0.2) is 72.7 Å². The summed E-state index contributed by atoms with van der Waals surface area (Å²) in [5.41, 5.74) is 5.18. The van der Waals surface area contributed by atoms with Gasteiger partial charge < -0.3 is 25.4 Å². The third-order valence-corrected chi connectivity index (χ3v) is 5.59. The maximum absolute atomic E-state index is 11.1. The van der Waals surface area contributed by atoms with E-state index >= 15 is 0 Å². The molecule has 1 fully saturated rings. The summed E-state index contributed by atoms with van der Waals surface area (Å²) in [6, 6.07) is 8.15. The molecular formula is C27H44N4O5S. The second kappa shape index (κ2) is 21.3. The fraction of sp³-hybridized carbons (Fsp3) is 0.556. The van der Waals surface area contributed by atoms with Crippen molar-refractivity contribution in [3.8, 4) is 10.4 Å². The molecule has 1 atom stereocenters. The Balaban J connectivity index is 0.000000542. The van der Waals surface area contributed by atoms with Crippen LogP contribution in [0.3, 0.4) is 0 Å². The zero-order valence-corrected chi connectivity index (χ0v) is 23.8. The summed E-state index contributed by atoms with van der Waals surface area (Å²) in [5.74, 6) is 0.693. The monoisotopic (exact) mass is 536 g/mol. The number of likely N-dealkylation sites (tertiary alicyclic amines) is 1. The van der Waals surface area contributed by atoms with Crippen LogP contribution in [0.25, 0.3) is 10.4 Å². The maximum atomic E-state index is 11.1. The van der Waals surface area contributed by atoms with Gasteiger partial charge in [-0.25, -0.2) is 4.98 Å². The molecule has 37 heavy (non-hydrogen) atoms. The Hall–Kier alpha value is -2.82. The van der Waals surface area contributed by atoms with E-state index in [0.717, 1.165) is 30.4 Å². The molecule has 9 nitrogen and oxygen atoms in total. The van der Waals surface area contributed by atoms with Crippen molar-refractivity contribution in [2.24, 2.45) is 5.92 Å². The molecule has 1 aromatic heterocycles. The molecule has 0 aliphatic carbocycles. The summed E-state index contributed by atoms with van der Waals surface area (Å²) >= 11 is 1.64. The van der Waals surface area contributed by atoms with Gasteiger partial charge in [-0.2, -0.15) is 0 Å². The van der Waals surface area contributed by atoms with Gasteiger partial charge in [0.25, 0.3) is 0 Å². The van der Waals surface area contributed by atoms with Gasteiger partial charge in [0.15, 0.2) is 0 Å². The van der Waals surface area contributed by atoms with Gasteiger partial charge in [-0.15, -0.1) is 11.3 Å². The SMILES string of the molecule is CC(C)C.CCOCC.Cc1ncsc1-c1ccc(CNC=O)cc1.O=CNCC(=O)N1CCC(O)C1. The number of carbonyl (C=O) groups excluding carboxylic acids is 3. The molecule has 2 heterocycles. The number of aliphatic hydroxyl groups excluding tert-OH is 1. The number of thiazole rings is 1. The van der Waals surface area contributed by atoms with Crippen molar-refractivity contribution < 1.29 is 24.2 Å². The van der Waals surface area contributed by atoms with Crippen molar-refractivity contribution >= 4 is 30.1 Å². The predicted molar refractivity (Wildman–Crippen MR) is 149 cm³/mol. The van der Waals surface area contributed by atoms with Crippen molar-refractivity contribution in [1.29, 1.82) is 0 Å². The summed E-state index contributed by atoms with van der Waals surface area (Å²) in [4.78, 5) is 38.1. The number of ether oxygens (including phenoxy) is 1. The lowest BCUT2D eigenvalue weighted by Crippen LogP contribution is -2.36. The Morgan fingerprint density at radius 2 is 1.76 bits per heavy atom. The lowest BCUT2D eigenvalue weighted by atomic mass is 10.1. The standard InChI is InChI=1S/C12H12N2OS.C7H12N2O3.C4H10O.C4H10/c1-9-12(16-8-14-9)11-4-2-10(3-5-11)6-13-7-15;10-5-8-3-7(12)9-2-1-6(11)4-9;1-3-5-4-2;1-4(2)3/h2-5,7-8H,6H2,1H3,(H,13,15);5-6,11H,1-4H2,(H,8,10);3-4H2,1-2H3;4H,1-3H3. The highest BCUT2D eigenvalue weighted by molar-refractivity contribution is 7.13. The zero-order chi connectivity index (χ0) is 28.1. The third-order valence-electron chi connectivity index (χ3n) is 4.61. The van der Waals surface area contributed by atoms with Gasteiger partial charge in [0.1, 0.15) is 0 Å². The first kappa shape index (κ1) is 34.2. The van der Waals surface area contributed by atoms with E-state index < -0.39 is 6.10 Å². The number of carbonyl (C=O) groups is 3. The Morgan fingerprint density at radius 3 is 2.16 bits per heavy atom. The van der Waals surface area contributed by atoms with E-state index in [1.165, 1.54) is 10.4 Å². The number of nitrogens with zero attached hydrogens (tertiary/aromatic N) is 2. The smallest absolute Gasteiger partial charge is 0.242 e. The van der Waals surface area contributed by atoms with Gasteiger partial charge in [0.05, 0.1) is 28.7 Å². The highest BCUT2D eigenvalue weighted by atomic mass is 32.1. The highest BCUT2D eigenvalue weighted by Crippen LogP contribution is 2.27. The van der Waals surface area contributed by atoms with E-state index in [9.17, 15) is 14.4 Å². The number of amides is 3. The molecule has 1 aromatic carbocycles. The van der Waals surface area contributed by atoms with Crippen LogP contribution in [0.15, 0.2) is 29.8 Å². The maximum Gasteiger partial charge on any atom is 0.242 e. The number of rotatable bonds is 9. The molecule has 1 unspecified atom stereocenters. The summed E-state index contributed by atoms with van der Waals surface area (Å²) in [6.07, 6.45) is 1.43. The van der Waals surface area contributed by atoms with Crippen molar-refractivity contribution in [1.82, 2.24) is 20.5 Å². The van der Waals surface area contributed by atoms with Crippen LogP contribution in [0.1, 0.15) is 52.3 Å². The highest BCUT2D eigenvalue weighted by Gasteiger charge is 2.23. The van der Waals surface area contributed by atoms with Gasteiger partial charge in [0, 0.05) is 32.8 Å². The average molecular weight is 537 g/mol. The minimum Gasteiger partial charge on any atom is -0.391 e. The number of aromatic nitrogens is 1. The summed E-state index contributed by atoms with van der Waals surface area (Å²) in [6.45, 7) is 15.7. The first-order chi connectivity index (χ1) is 17.7. The zero-order valence-electron chi connectivity index (χ0n) is 23.0. The minimum absolute atomic E-state index is 0.0240. The largest absolute Gasteiger partial charge is 0.391 e. The van der Waals surface area contributed by atoms with Gasteiger partial charge in [-0.3, -0.25) is 14.4 Å². The minimum atomic E-state index is -0.398. The number of hydrogen-bond acceptors (Lipinski definition) is 7. The van der Waals surface area contributed by atoms with E-state index in [2.05, 4.69) is 48.5 Å². The quantitative estimate of drug-likeness (QED) is 0.423. The molecule has 2 aromatic rings. The first-order valence-corrected chi connectivity index (χ1v) is 13.4. The lowest BCUT2D eigenvalue weighted by molar-refractivity contribution is -0.130. The molecule has 1 aliphatic heterocycles.